The minimum atomic E-state index is -0.637. The van der Waals surface area contributed by atoms with Crippen molar-refractivity contribution in [3.63, 3.8) is 0 Å². The second-order valence-corrected chi connectivity index (χ2v) is 6.37. The van der Waals surface area contributed by atoms with E-state index in [1.165, 1.54) is 9.80 Å². The van der Waals surface area contributed by atoms with E-state index in [2.05, 4.69) is 15.3 Å². The van der Waals surface area contributed by atoms with Crippen LogP contribution >= 0.6 is 23.2 Å². The fourth-order valence-electron chi connectivity index (χ4n) is 2.52. The van der Waals surface area contributed by atoms with E-state index in [-0.39, 0.29) is 31.0 Å². The van der Waals surface area contributed by atoms with Gasteiger partial charge in [0.15, 0.2) is 0 Å². The third-order valence-corrected chi connectivity index (χ3v) is 4.51. The number of hydrogen-bond donors (Lipinski definition) is 1. The van der Waals surface area contributed by atoms with Crippen LogP contribution in [0.4, 0.5) is 10.7 Å². The molecule has 2 heterocycles. The number of carbonyl (C=O) groups excluding carboxylic acids is 2. The summed E-state index contributed by atoms with van der Waals surface area (Å²) in [5.74, 6) is -0.00399. The molecule has 0 radical (unpaired) electrons. The predicted octanol–water partition coefficient (Wildman–Crippen LogP) is 2.34. The van der Waals surface area contributed by atoms with Crippen LogP contribution in [0, 0.1) is 0 Å². The average Bonchev–Trinajstić information content (AvgIpc) is 2.90. The maximum absolute atomic E-state index is 12.5. The summed E-state index contributed by atoms with van der Waals surface area (Å²) in [6.07, 6.45) is 3.09. The van der Waals surface area contributed by atoms with E-state index in [9.17, 15) is 9.59 Å². The second-order valence-electron chi connectivity index (χ2n) is 5.52. The Morgan fingerprint density at radius 2 is 2.04 bits per heavy atom. The summed E-state index contributed by atoms with van der Waals surface area (Å²) in [5.41, 5.74) is 0.745. The average molecular weight is 380 g/mol. The lowest BCUT2D eigenvalue weighted by Crippen LogP contribution is -2.43. The van der Waals surface area contributed by atoms with Crippen molar-refractivity contribution in [2.24, 2.45) is 0 Å². The van der Waals surface area contributed by atoms with Crippen molar-refractivity contribution >= 4 is 41.1 Å². The highest BCUT2D eigenvalue weighted by Gasteiger charge is 2.40. The number of likely N-dealkylation sites (N-methyl/N-ethyl adjacent to an activating group) is 1. The number of rotatable bonds is 4. The molecule has 1 aromatic carbocycles. The summed E-state index contributed by atoms with van der Waals surface area (Å²) in [7, 11) is 1.57. The van der Waals surface area contributed by atoms with Gasteiger partial charge in [0.05, 0.1) is 6.54 Å². The Bertz CT molecular complexity index is 802. The molecule has 2 aromatic rings. The number of halogens is 2. The van der Waals surface area contributed by atoms with E-state index in [4.69, 9.17) is 23.2 Å². The molecule has 1 aliphatic heterocycles. The molecule has 1 aliphatic rings. The van der Waals surface area contributed by atoms with Gasteiger partial charge in [-0.2, -0.15) is 0 Å². The van der Waals surface area contributed by atoms with Gasteiger partial charge in [-0.1, -0.05) is 29.3 Å². The van der Waals surface area contributed by atoms with Gasteiger partial charge in [0.2, 0.25) is 11.9 Å². The molecule has 0 bridgehead atoms. The molecule has 25 heavy (non-hydrogen) atoms. The molecule has 0 spiro atoms. The lowest BCUT2D eigenvalue weighted by atomic mass is 10.2. The van der Waals surface area contributed by atoms with Crippen LogP contribution in [0.2, 0.25) is 10.0 Å². The summed E-state index contributed by atoms with van der Waals surface area (Å²) in [5, 5.41) is 3.80. The Morgan fingerprint density at radius 3 is 2.72 bits per heavy atom. The van der Waals surface area contributed by atoms with E-state index in [1.54, 1.807) is 43.7 Å². The largest absolute Gasteiger partial charge is 0.350 e. The minimum absolute atomic E-state index is 0.180. The minimum Gasteiger partial charge on any atom is -0.350 e. The molecule has 9 heteroatoms. The van der Waals surface area contributed by atoms with E-state index in [0.29, 0.717) is 10.0 Å². The van der Waals surface area contributed by atoms with Gasteiger partial charge in [0.1, 0.15) is 6.04 Å². The third-order valence-electron chi connectivity index (χ3n) is 3.92. The van der Waals surface area contributed by atoms with Crippen LogP contribution in [0.5, 0.6) is 0 Å². The first-order valence-electron chi connectivity index (χ1n) is 7.50. The van der Waals surface area contributed by atoms with Crippen molar-refractivity contribution < 1.29 is 9.59 Å². The summed E-state index contributed by atoms with van der Waals surface area (Å²) >= 11 is 12.0. The number of urea groups is 1. The van der Waals surface area contributed by atoms with Crippen molar-refractivity contribution in [2.75, 3.05) is 18.5 Å². The molecular weight excluding hydrogens is 365 g/mol. The van der Waals surface area contributed by atoms with Gasteiger partial charge in [-0.25, -0.2) is 14.8 Å². The van der Waals surface area contributed by atoms with Crippen LogP contribution in [0.1, 0.15) is 5.56 Å². The fourth-order valence-corrected chi connectivity index (χ4v) is 2.99. The summed E-state index contributed by atoms with van der Waals surface area (Å²) in [6.45, 7) is 0.425. The van der Waals surface area contributed by atoms with Crippen LogP contribution in [-0.2, 0) is 11.3 Å². The Labute approximate surface area is 154 Å². The molecule has 0 saturated carbocycles. The summed E-state index contributed by atoms with van der Waals surface area (Å²) < 4.78 is 0. The van der Waals surface area contributed by atoms with Crippen LogP contribution in [0.15, 0.2) is 36.7 Å². The van der Waals surface area contributed by atoms with Crippen molar-refractivity contribution in [3.05, 3.63) is 52.3 Å². The molecular formula is C16H15Cl2N5O2. The SMILES string of the molecule is CN1C(=O)N(c2ncccn2)C[C@H]1C(=O)NCc1ccc(Cl)cc1Cl. The molecule has 3 amide bonds. The fraction of sp³-hybridized carbons (Fsp3) is 0.250. The Kier molecular flexibility index (Phi) is 5.06. The predicted molar refractivity (Wildman–Crippen MR) is 94.6 cm³/mol. The Hall–Kier alpha value is -2.38. The first kappa shape index (κ1) is 17.4. The molecule has 130 valence electrons. The highest BCUT2D eigenvalue weighted by atomic mass is 35.5. The van der Waals surface area contributed by atoms with Crippen LogP contribution in [0.3, 0.4) is 0 Å². The van der Waals surface area contributed by atoms with Crippen molar-refractivity contribution in [3.8, 4) is 0 Å². The maximum Gasteiger partial charge on any atom is 0.327 e. The molecule has 3 rings (SSSR count). The number of nitrogens with zero attached hydrogens (tertiary/aromatic N) is 4. The zero-order chi connectivity index (χ0) is 18.0. The van der Waals surface area contributed by atoms with E-state index in [1.807, 2.05) is 0 Å². The number of aromatic nitrogens is 2. The van der Waals surface area contributed by atoms with Crippen molar-refractivity contribution in [1.29, 1.82) is 0 Å². The molecule has 7 nitrogen and oxygen atoms in total. The van der Waals surface area contributed by atoms with E-state index >= 15 is 0 Å². The Morgan fingerprint density at radius 1 is 1.32 bits per heavy atom. The highest BCUT2D eigenvalue weighted by molar-refractivity contribution is 6.35. The van der Waals surface area contributed by atoms with Gasteiger partial charge in [-0.3, -0.25) is 9.69 Å². The summed E-state index contributed by atoms with van der Waals surface area (Å²) in [4.78, 5) is 35.7. The van der Waals surface area contributed by atoms with Gasteiger partial charge < -0.3 is 10.2 Å². The zero-order valence-corrected chi connectivity index (χ0v) is 14.8. The molecule has 0 unspecified atom stereocenters. The molecule has 1 fully saturated rings. The van der Waals surface area contributed by atoms with Crippen LogP contribution in [0.25, 0.3) is 0 Å². The molecule has 1 saturated heterocycles. The zero-order valence-electron chi connectivity index (χ0n) is 13.3. The van der Waals surface area contributed by atoms with Crippen molar-refractivity contribution in [1.82, 2.24) is 20.2 Å². The number of amides is 3. The number of nitrogens with one attached hydrogen (secondary N) is 1. The van der Waals surface area contributed by atoms with Gasteiger partial charge in [0, 0.05) is 36.0 Å². The van der Waals surface area contributed by atoms with Gasteiger partial charge in [-0.05, 0) is 23.8 Å². The van der Waals surface area contributed by atoms with Crippen molar-refractivity contribution in [2.45, 2.75) is 12.6 Å². The summed E-state index contributed by atoms with van der Waals surface area (Å²) in [6, 6.07) is 5.77. The monoisotopic (exact) mass is 379 g/mol. The van der Waals surface area contributed by atoms with Gasteiger partial charge in [0.25, 0.3) is 0 Å². The molecule has 1 atom stereocenters. The smallest absolute Gasteiger partial charge is 0.327 e. The normalized spacial score (nSPS) is 17.1. The number of carbonyl (C=O) groups is 2. The standard InChI is InChI=1S/C16H15Cl2N5O2/c1-22-13(9-23(16(22)25)15-19-5-2-6-20-15)14(24)21-8-10-3-4-11(17)7-12(10)18/h2-7,13H,8-9H2,1H3,(H,21,24)/t13-/m0/s1. The molecule has 1 N–H and O–H groups in total. The van der Waals surface area contributed by atoms with Gasteiger partial charge >= 0.3 is 6.03 Å². The quantitative estimate of drug-likeness (QED) is 0.883. The second kappa shape index (κ2) is 7.25. The van der Waals surface area contributed by atoms with E-state index < -0.39 is 6.04 Å². The maximum atomic E-state index is 12.5. The number of hydrogen-bond acceptors (Lipinski definition) is 4. The number of anilines is 1. The lowest BCUT2D eigenvalue weighted by Gasteiger charge is -2.17. The Balaban J connectivity index is 1.67. The van der Waals surface area contributed by atoms with Crippen LogP contribution in [-0.4, -0.2) is 46.4 Å². The topological polar surface area (TPSA) is 78.4 Å². The first-order valence-corrected chi connectivity index (χ1v) is 8.26. The molecule has 1 aromatic heterocycles. The number of benzene rings is 1. The first-order chi connectivity index (χ1) is 12.0. The third kappa shape index (κ3) is 3.67. The van der Waals surface area contributed by atoms with E-state index in [0.717, 1.165) is 5.56 Å². The lowest BCUT2D eigenvalue weighted by molar-refractivity contribution is -0.124. The van der Waals surface area contributed by atoms with Crippen LogP contribution < -0.4 is 10.2 Å². The highest BCUT2D eigenvalue weighted by Crippen LogP contribution is 2.22. The van der Waals surface area contributed by atoms with Gasteiger partial charge in [-0.15, -0.1) is 0 Å². The molecule has 0 aliphatic carbocycles.